The van der Waals surface area contributed by atoms with Crippen molar-refractivity contribution >= 4 is 43.9 Å². The fourth-order valence-corrected chi connectivity index (χ4v) is 6.02. The number of nitrogens with zero attached hydrogens (tertiary/aromatic N) is 1. The molecule has 0 unspecified atom stereocenters. The zero-order valence-electron chi connectivity index (χ0n) is 19.6. The molecule has 2 aromatic rings. The Morgan fingerprint density at radius 2 is 1.79 bits per heavy atom. The molecule has 1 aliphatic rings. The molecule has 0 atom stereocenters. The van der Waals surface area contributed by atoms with E-state index in [4.69, 9.17) is 4.74 Å². The second-order valence-electron chi connectivity index (χ2n) is 8.99. The molecule has 180 valence electrons. The van der Waals surface area contributed by atoms with Crippen molar-refractivity contribution in [3.63, 3.8) is 0 Å². The van der Waals surface area contributed by atoms with E-state index in [0.29, 0.717) is 35.3 Å². The van der Waals surface area contributed by atoms with Crippen LogP contribution in [0.2, 0.25) is 0 Å². The Hall–Kier alpha value is -2.43. The van der Waals surface area contributed by atoms with E-state index >= 15 is 0 Å². The summed E-state index contributed by atoms with van der Waals surface area (Å²) in [6.07, 6.45) is 1.65. The van der Waals surface area contributed by atoms with Crippen molar-refractivity contribution in [1.29, 1.82) is 0 Å². The number of ether oxygens (including phenoxy) is 1. The van der Waals surface area contributed by atoms with Crippen molar-refractivity contribution in [1.82, 2.24) is 4.31 Å². The molecule has 8 nitrogen and oxygen atoms in total. The predicted octanol–water partition coefficient (Wildman–Crippen LogP) is 4.48. The zero-order chi connectivity index (χ0) is 24.4. The summed E-state index contributed by atoms with van der Waals surface area (Å²) in [5.41, 5.74) is 0.520. The average Bonchev–Trinajstić information content (AvgIpc) is 3.39. The standard InChI is InChI=1S/C23H31N3O5S2/c1-6-31-17-10-9-16(14-18(17)33(29,30)26-11-7-8-12-26)24-21(27)20-15(2)13-19(32-20)25-22(28)23(3,4)5/h9-10,13-14H,6-8,11-12H2,1-5H3,(H,24,27)(H,25,28). The second kappa shape index (κ2) is 9.82. The van der Waals surface area contributed by atoms with Crippen LogP contribution in [0.4, 0.5) is 10.7 Å². The fourth-order valence-electron chi connectivity index (χ4n) is 3.39. The number of hydrogen-bond acceptors (Lipinski definition) is 6. The van der Waals surface area contributed by atoms with E-state index in [1.54, 1.807) is 32.0 Å². The molecule has 3 rings (SSSR count). The highest BCUT2D eigenvalue weighted by Crippen LogP contribution is 2.33. The first-order valence-electron chi connectivity index (χ1n) is 10.9. The number of benzene rings is 1. The number of carbonyl (C=O) groups is 2. The van der Waals surface area contributed by atoms with Crippen molar-refractivity contribution in [3.05, 3.63) is 34.7 Å². The molecule has 0 spiro atoms. The number of carbonyl (C=O) groups excluding carboxylic acids is 2. The quantitative estimate of drug-likeness (QED) is 0.592. The monoisotopic (exact) mass is 493 g/mol. The molecular formula is C23H31N3O5S2. The molecule has 2 amide bonds. The summed E-state index contributed by atoms with van der Waals surface area (Å²) in [4.78, 5) is 25.7. The van der Waals surface area contributed by atoms with Gasteiger partial charge < -0.3 is 15.4 Å². The van der Waals surface area contributed by atoms with E-state index in [2.05, 4.69) is 10.6 Å². The van der Waals surface area contributed by atoms with Gasteiger partial charge >= 0.3 is 0 Å². The highest BCUT2D eigenvalue weighted by molar-refractivity contribution is 7.89. The SMILES string of the molecule is CCOc1ccc(NC(=O)c2sc(NC(=O)C(C)(C)C)cc2C)cc1S(=O)(=O)N1CCCC1. The summed E-state index contributed by atoms with van der Waals surface area (Å²) in [5, 5.41) is 6.22. The van der Waals surface area contributed by atoms with E-state index in [-0.39, 0.29) is 22.5 Å². The normalized spacial score (nSPS) is 14.8. The van der Waals surface area contributed by atoms with Gasteiger partial charge in [-0.2, -0.15) is 4.31 Å². The highest BCUT2D eigenvalue weighted by atomic mass is 32.2. The number of nitrogens with one attached hydrogen (secondary N) is 2. The van der Waals surface area contributed by atoms with E-state index in [1.165, 1.54) is 21.7 Å². The van der Waals surface area contributed by atoms with E-state index < -0.39 is 15.4 Å². The highest BCUT2D eigenvalue weighted by Gasteiger charge is 2.30. The summed E-state index contributed by atoms with van der Waals surface area (Å²) < 4.78 is 33.4. The lowest BCUT2D eigenvalue weighted by Crippen LogP contribution is -2.28. The van der Waals surface area contributed by atoms with Crippen molar-refractivity contribution in [2.75, 3.05) is 30.3 Å². The third kappa shape index (κ3) is 5.74. The van der Waals surface area contributed by atoms with E-state index in [1.807, 2.05) is 20.8 Å². The van der Waals surface area contributed by atoms with Crippen LogP contribution in [0.15, 0.2) is 29.2 Å². The van der Waals surface area contributed by atoms with Crippen molar-refractivity contribution in [2.24, 2.45) is 5.41 Å². The number of sulfonamides is 1. The van der Waals surface area contributed by atoms with Gasteiger partial charge in [-0.3, -0.25) is 9.59 Å². The lowest BCUT2D eigenvalue weighted by atomic mass is 9.96. The first kappa shape index (κ1) is 25.2. The molecule has 1 aromatic carbocycles. The minimum atomic E-state index is -3.73. The molecule has 0 radical (unpaired) electrons. The van der Waals surface area contributed by atoms with Crippen molar-refractivity contribution in [2.45, 2.75) is 52.4 Å². The van der Waals surface area contributed by atoms with Gasteiger partial charge in [0.15, 0.2) is 0 Å². The topological polar surface area (TPSA) is 105 Å². The van der Waals surface area contributed by atoms with Gasteiger partial charge in [-0.1, -0.05) is 20.8 Å². The molecule has 0 bridgehead atoms. The number of rotatable bonds is 7. The maximum atomic E-state index is 13.2. The first-order chi connectivity index (χ1) is 15.4. The van der Waals surface area contributed by atoms with Gasteiger partial charge in [0.2, 0.25) is 15.9 Å². The molecule has 1 aliphatic heterocycles. The maximum Gasteiger partial charge on any atom is 0.266 e. The molecule has 33 heavy (non-hydrogen) atoms. The summed E-state index contributed by atoms with van der Waals surface area (Å²) in [5.74, 6) is -0.247. The van der Waals surface area contributed by atoms with Gasteiger partial charge in [-0.15, -0.1) is 11.3 Å². The first-order valence-corrected chi connectivity index (χ1v) is 13.2. The van der Waals surface area contributed by atoms with Crippen LogP contribution < -0.4 is 15.4 Å². The molecule has 1 fully saturated rings. The number of hydrogen-bond donors (Lipinski definition) is 2. The van der Waals surface area contributed by atoms with Gasteiger partial charge in [-0.05, 0) is 56.5 Å². The lowest BCUT2D eigenvalue weighted by Gasteiger charge is -2.19. The summed E-state index contributed by atoms with van der Waals surface area (Å²) in [7, 11) is -3.73. The predicted molar refractivity (Wildman–Crippen MR) is 131 cm³/mol. The molecule has 10 heteroatoms. The number of anilines is 2. The Balaban J connectivity index is 1.85. The maximum absolute atomic E-state index is 13.2. The van der Waals surface area contributed by atoms with Gasteiger partial charge in [0.05, 0.1) is 16.5 Å². The number of amides is 2. The Labute approximate surface area is 199 Å². The molecular weight excluding hydrogens is 462 g/mol. The summed E-state index contributed by atoms with van der Waals surface area (Å²) >= 11 is 1.18. The van der Waals surface area contributed by atoms with Crippen molar-refractivity contribution < 1.29 is 22.7 Å². The van der Waals surface area contributed by atoms with E-state index in [0.717, 1.165) is 18.4 Å². The Morgan fingerprint density at radius 3 is 2.39 bits per heavy atom. The minimum Gasteiger partial charge on any atom is -0.492 e. The Morgan fingerprint density at radius 1 is 1.12 bits per heavy atom. The fraction of sp³-hybridized carbons (Fsp3) is 0.478. The van der Waals surface area contributed by atoms with Crippen LogP contribution in [0.3, 0.4) is 0 Å². The molecule has 0 aliphatic carbocycles. The van der Waals surface area contributed by atoms with Crippen LogP contribution in [0.25, 0.3) is 0 Å². The Kier molecular flexibility index (Phi) is 7.50. The van der Waals surface area contributed by atoms with Crippen LogP contribution in [0.5, 0.6) is 5.75 Å². The third-order valence-electron chi connectivity index (χ3n) is 5.23. The largest absolute Gasteiger partial charge is 0.492 e. The summed E-state index contributed by atoms with van der Waals surface area (Å²) in [6.45, 7) is 10.3. The summed E-state index contributed by atoms with van der Waals surface area (Å²) in [6, 6.07) is 6.39. The lowest BCUT2D eigenvalue weighted by molar-refractivity contribution is -0.123. The van der Waals surface area contributed by atoms with Crippen LogP contribution >= 0.6 is 11.3 Å². The third-order valence-corrected chi connectivity index (χ3v) is 8.30. The van der Waals surface area contributed by atoms with Crippen LogP contribution in [0, 0.1) is 12.3 Å². The van der Waals surface area contributed by atoms with Crippen LogP contribution in [-0.4, -0.2) is 44.2 Å². The van der Waals surface area contributed by atoms with Gasteiger partial charge in [-0.25, -0.2) is 8.42 Å². The molecule has 1 aromatic heterocycles. The van der Waals surface area contributed by atoms with Gasteiger partial charge in [0.25, 0.3) is 5.91 Å². The smallest absolute Gasteiger partial charge is 0.266 e. The second-order valence-corrected chi connectivity index (χ2v) is 11.9. The zero-order valence-corrected chi connectivity index (χ0v) is 21.3. The van der Waals surface area contributed by atoms with Gasteiger partial charge in [0.1, 0.15) is 10.6 Å². The number of thiophene rings is 1. The van der Waals surface area contributed by atoms with Crippen LogP contribution in [-0.2, 0) is 14.8 Å². The molecule has 2 N–H and O–H groups in total. The number of aryl methyl sites for hydroxylation is 1. The average molecular weight is 494 g/mol. The Bertz CT molecular complexity index is 1140. The van der Waals surface area contributed by atoms with Gasteiger partial charge in [0, 0.05) is 24.2 Å². The molecule has 2 heterocycles. The molecule has 0 saturated carbocycles. The van der Waals surface area contributed by atoms with Crippen molar-refractivity contribution in [3.8, 4) is 5.75 Å². The minimum absolute atomic E-state index is 0.0464. The van der Waals surface area contributed by atoms with Crippen LogP contribution in [0.1, 0.15) is 55.8 Å². The van der Waals surface area contributed by atoms with E-state index in [9.17, 15) is 18.0 Å². The molecule has 1 saturated heterocycles.